The van der Waals surface area contributed by atoms with Gasteiger partial charge in [-0.2, -0.15) is 4.98 Å². The summed E-state index contributed by atoms with van der Waals surface area (Å²) in [4.78, 5) is 29.9. The van der Waals surface area contributed by atoms with Crippen LogP contribution in [0.1, 0.15) is 51.4 Å². The second kappa shape index (κ2) is 10.7. The zero-order valence-corrected chi connectivity index (χ0v) is 20.9. The first-order valence-electron chi connectivity index (χ1n) is 12.2. The molecule has 35 heavy (non-hydrogen) atoms. The van der Waals surface area contributed by atoms with Gasteiger partial charge < -0.3 is 25.8 Å². The maximum atomic E-state index is 11.7. The van der Waals surface area contributed by atoms with Gasteiger partial charge in [0, 0.05) is 56.9 Å². The summed E-state index contributed by atoms with van der Waals surface area (Å²) in [6.07, 6.45) is 4.09. The molecular formula is C26H34N8O. The third-order valence-corrected chi connectivity index (χ3v) is 6.54. The number of benzene rings is 1. The Labute approximate surface area is 206 Å². The number of fused-ring (bicyclic) bond motifs is 1. The SMILES string of the molecule is CC[C@@H](C)Nc1c(C=N)nc(N2CCN(C(C)=O)CC2)nc1N[C@H](C)c1cnc2ccccc2c1. The average molecular weight is 475 g/mol. The Kier molecular flexibility index (Phi) is 7.43. The van der Waals surface area contributed by atoms with Crippen LogP contribution >= 0.6 is 0 Å². The number of amides is 1. The molecule has 1 aromatic carbocycles. The van der Waals surface area contributed by atoms with Gasteiger partial charge >= 0.3 is 0 Å². The molecule has 4 rings (SSSR count). The number of pyridine rings is 1. The molecule has 0 bridgehead atoms. The lowest BCUT2D eigenvalue weighted by Gasteiger charge is -2.34. The van der Waals surface area contributed by atoms with E-state index in [0.29, 0.717) is 43.6 Å². The lowest BCUT2D eigenvalue weighted by Crippen LogP contribution is -2.48. The molecule has 3 heterocycles. The number of nitrogens with one attached hydrogen (secondary N) is 3. The summed E-state index contributed by atoms with van der Waals surface area (Å²) in [6, 6.07) is 10.3. The number of nitrogens with zero attached hydrogens (tertiary/aromatic N) is 5. The number of carbonyl (C=O) groups is 1. The standard InChI is InChI=1S/C26H34N8O/c1-5-17(2)29-24-23(15-27)31-26(34-12-10-33(11-13-34)19(4)35)32-25(24)30-18(3)21-14-20-8-6-7-9-22(20)28-16-21/h6-9,14-18,27,29H,5,10-13H2,1-4H3,(H,30,31,32)/t17-,18-/m1/s1. The summed E-state index contributed by atoms with van der Waals surface area (Å²) in [5.74, 6) is 1.30. The van der Waals surface area contributed by atoms with Gasteiger partial charge in [-0.1, -0.05) is 25.1 Å². The van der Waals surface area contributed by atoms with Crippen molar-refractivity contribution in [3.63, 3.8) is 0 Å². The number of para-hydroxylation sites is 1. The summed E-state index contributed by atoms with van der Waals surface area (Å²) in [6.45, 7) is 10.5. The van der Waals surface area contributed by atoms with E-state index in [9.17, 15) is 4.79 Å². The van der Waals surface area contributed by atoms with Crippen molar-refractivity contribution in [1.29, 1.82) is 5.41 Å². The first-order chi connectivity index (χ1) is 16.9. The molecule has 0 spiro atoms. The van der Waals surface area contributed by atoms with Crippen LogP contribution < -0.4 is 15.5 Å². The van der Waals surface area contributed by atoms with Gasteiger partial charge in [0.2, 0.25) is 11.9 Å². The molecule has 2 aromatic heterocycles. The van der Waals surface area contributed by atoms with Gasteiger partial charge in [-0.15, -0.1) is 0 Å². The molecule has 9 heteroatoms. The van der Waals surface area contributed by atoms with Gasteiger partial charge in [-0.25, -0.2) is 4.98 Å². The number of hydrogen-bond acceptors (Lipinski definition) is 8. The van der Waals surface area contributed by atoms with E-state index in [-0.39, 0.29) is 18.0 Å². The summed E-state index contributed by atoms with van der Waals surface area (Å²) >= 11 is 0. The molecule has 1 fully saturated rings. The molecule has 1 amide bonds. The minimum absolute atomic E-state index is 0.0690. The van der Waals surface area contributed by atoms with E-state index < -0.39 is 0 Å². The predicted octanol–water partition coefficient (Wildman–Crippen LogP) is 4.07. The Morgan fingerprint density at radius 1 is 1.14 bits per heavy atom. The summed E-state index contributed by atoms with van der Waals surface area (Å²) in [5.41, 5.74) is 3.27. The van der Waals surface area contributed by atoms with Crippen molar-refractivity contribution < 1.29 is 4.79 Å². The number of anilines is 3. The van der Waals surface area contributed by atoms with Gasteiger partial charge in [0.15, 0.2) is 5.82 Å². The highest BCUT2D eigenvalue weighted by atomic mass is 16.2. The Hall–Kier alpha value is -3.75. The predicted molar refractivity (Wildman–Crippen MR) is 142 cm³/mol. The Morgan fingerprint density at radius 3 is 2.57 bits per heavy atom. The van der Waals surface area contributed by atoms with Gasteiger partial charge in [0.05, 0.1) is 11.6 Å². The van der Waals surface area contributed by atoms with Gasteiger partial charge in [-0.3, -0.25) is 9.78 Å². The fraction of sp³-hybridized carbons (Fsp3) is 0.423. The molecule has 0 saturated carbocycles. The third-order valence-electron chi connectivity index (χ3n) is 6.54. The van der Waals surface area contributed by atoms with Crippen molar-refractivity contribution in [2.75, 3.05) is 41.7 Å². The highest BCUT2D eigenvalue weighted by Gasteiger charge is 2.24. The maximum Gasteiger partial charge on any atom is 0.228 e. The van der Waals surface area contributed by atoms with Crippen molar-refractivity contribution in [2.45, 2.75) is 46.2 Å². The van der Waals surface area contributed by atoms with E-state index in [1.165, 1.54) is 6.21 Å². The molecule has 1 aliphatic heterocycles. The number of carbonyl (C=O) groups excluding carboxylic acids is 1. The molecule has 2 atom stereocenters. The van der Waals surface area contributed by atoms with Crippen molar-refractivity contribution in [3.8, 4) is 0 Å². The summed E-state index contributed by atoms with van der Waals surface area (Å²) < 4.78 is 0. The largest absolute Gasteiger partial charge is 0.378 e. The average Bonchev–Trinajstić information content (AvgIpc) is 2.89. The number of rotatable bonds is 8. The lowest BCUT2D eigenvalue weighted by molar-refractivity contribution is -0.129. The zero-order chi connectivity index (χ0) is 24.9. The summed E-state index contributed by atoms with van der Waals surface area (Å²) in [5, 5.41) is 16.2. The van der Waals surface area contributed by atoms with Crippen LogP contribution in [0.5, 0.6) is 0 Å². The molecule has 1 saturated heterocycles. The molecule has 1 aliphatic rings. The van der Waals surface area contributed by atoms with E-state index >= 15 is 0 Å². The number of piperazine rings is 1. The van der Waals surface area contributed by atoms with Crippen LogP contribution in [-0.2, 0) is 4.79 Å². The minimum atomic E-state index is -0.0690. The monoisotopic (exact) mass is 474 g/mol. The van der Waals surface area contributed by atoms with Gasteiger partial charge in [0.25, 0.3) is 0 Å². The first kappa shape index (κ1) is 24.4. The Balaban J connectivity index is 1.67. The van der Waals surface area contributed by atoms with Crippen LogP contribution in [0.2, 0.25) is 0 Å². The molecule has 0 radical (unpaired) electrons. The van der Waals surface area contributed by atoms with Crippen molar-refractivity contribution in [2.24, 2.45) is 0 Å². The fourth-order valence-corrected chi connectivity index (χ4v) is 4.14. The molecule has 9 nitrogen and oxygen atoms in total. The van der Waals surface area contributed by atoms with E-state index in [0.717, 1.165) is 28.6 Å². The van der Waals surface area contributed by atoms with Gasteiger partial charge in [-0.05, 0) is 38.0 Å². The van der Waals surface area contributed by atoms with Crippen molar-refractivity contribution in [1.82, 2.24) is 19.9 Å². The van der Waals surface area contributed by atoms with Crippen LogP contribution in [0.15, 0.2) is 36.5 Å². The quantitative estimate of drug-likeness (QED) is 0.422. The van der Waals surface area contributed by atoms with Gasteiger partial charge in [0.1, 0.15) is 11.4 Å². The first-order valence-corrected chi connectivity index (χ1v) is 12.2. The molecule has 0 unspecified atom stereocenters. The minimum Gasteiger partial charge on any atom is -0.378 e. The maximum absolute atomic E-state index is 11.7. The van der Waals surface area contributed by atoms with Crippen LogP contribution in [0.3, 0.4) is 0 Å². The Morgan fingerprint density at radius 2 is 1.89 bits per heavy atom. The fourth-order valence-electron chi connectivity index (χ4n) is 4.14. The van der Waals surface area contributed by atoms with E-state index in [2.05, 4.69) is 53.4 Å². The normalized spacial score (nSPS) is 15.5. The van der Waals surface area contributed by atoms with E-state index in [1.54, 1.807) is 6.92 Å². The van der Waals surface area contributed by atoms with Crippen LogP contribution in [0, 0.1) is 5.41 Å². The number of aromatic nitrogens is 3. The van der Waals surface area contributed by atoms with E-state index in [1.807, 2.05) is 29.3 Å². The lowest BCUT2D eigenvalue weighted by atomic mass is 10.1. The summed E-state index contributed by atoms with van der Waals surface area (Å²) in [7, 11) is 0. The smallest absolute Gasteiger partial charge is 0.228 e. The van der Waals surface area contributed by atoms with Crippen LogP contribution in [0.25, 0.3) is 10.9 Å². The highest BCUT2D eigenvalue weighted by Crippen LogP contribution is 2.30. The third kappa shape index (κ3) is 5.50. The Bertz CT molecular complexity index is 1210. The second-order valence-electron chi connectivity index (χ2n) is 9.05. The van der Waals surface area contributed by atoms with Crippen LogP contribution in [-0.4, -0.2) is 64.2 Å². The topological polar surface area (TPSA) is 110 Å². The van der Waals surface area contributed by atoms with Crippen molar-refractivity contribution >= 4 is 40.5 Å². The molecule has 0 aliphatic carbocycles. The molecule has 184 valence electrons. The molecule has 3 aromatic rings. The molecule has 3 N–H and O–H groups in total. The highest BCUT2D eigenvalue weighted by molar-refractivity contribution is 5.89. The second-order valence-corrected chi connectivity index (χ2v) is 9.05. The van der Waals surface area contributed by atoms with E-state index in [4.69, 9.17) is 15.4 Å². The van der Waals surface area contributed by atoms with Crippen LogP contribution in [0.4, 0.5) is 17.5 Å². The zero-order valence-electron chi connectivity index (χ0n) is 20.9. The molecular weight excluding hydrogens is 440 g/mol. The number of hydrogen-bond donors (Lipinski definition) is 3. The van der Waals surface area contributed by atoms with Crippen molar-refractivity contribution in [3.05, 3.63) is 47.8 Å².